The van der Waals surface area contributed by atoms with Crippen LogP contribution in [0.5, 0.6) is 0 Å². The molecule has 5 nitrogen and oxygen atoms in total. The Balaban J connectivity index is 2.58. The maximum Gasteiger partial charge on any atom is 0.188 e. The van der Waals surface area contributed by atoms with E-state index in [9.17, 15) is 0 Å². The number of nitrogen functional groups attached to an aromatic ring is 1. The highest BCUT2D eigenvalue weighted by Gasteiger charge is 2.23. The Morgan fingerprint density at radius 2 is 1.78 bits per heavy atom. The van der Waals surface area contributed by atoms with E-state index in [1.54, 1.807) is 25.9 Å². The summed E-state index contributed by atoms with van der Waals surface area (Å²) in [7, 11) is 4.96. The number of anilines is 1. The summed E-state index contributed by atoms with van der Waals surface area (Å²) in [6, 6.07) is 9.83. The van der Waals surface area contributed by atoms with Crippen LogP contribution in [0.1, 0.15) is 11.9 Å². The molecule has 0 atom stereocenters. The summed E-state index contributed by atoms with van der Waals surface area (Å²) in [6.45, 7) is 0. The molecule has 2 N–H and O–H groups in total. The number of methoxy groups -OCH3 is 2. The molecule has 0 fully saturated rings. The highest BCUT2D eigenvalue weighted by atomic mass is 16.7. The van der Waals surface area contributed by atoms with Crippen LogP contribution in [0, 0.1) is 0 Å². The summed E-state index contributed by atoms with van der Waals surface area (Å²) in [6.07, 6.45) is -0.520. The molecule has 96 valence electrons. The average molecular weight is 247 g/mol. The molecule has 2 aromatic rings. The van der Waals surface area contributed by atoms with Crippen molar-refractivity contribution in [2.45, 2.75) is 6.29 Å². The largest absolute Gasteiger partial charge is 0.384 e. The fourth-order valence-electron chi connectivity index (χ4n) is 1.93. The van der Waals surface area contributed by atoms with Gasteiger partial charge in [-0.3, -0.25) is 4.68 Å². The number of ether oxygens (including phenoxy) is 2. The van der Waals surface area contributed by atoms with Crippen molar-refractivity contribution >= 4 is 5.82 Å². The van der Waals surface area contributed by atoms with Crippen molar-refractivity contribution in [2.24, 2.45) is 7.05 Å². The van der Waals surface area contributed by atoms with E-state index in [1.807, 2.05) is 30.3 Å². The number of aromatic nitrogens is 2. The van der Waals surface area contributed by atoms with Crippen molar-refractivity contribution in [1.82, 2.24) is 9.78 Å². The quantitative estimate of drug-likeness (QED) is 0.839. The van der Waals surface area contributed by atoms with Crippen LogP contribution >= 0.6 is 0 Å². The van der Waals surface area contributed by atoms with Crippen molar-refractivity contribution < 1.29 is 9.47 Å². The molecule has 0 unspecified atom stereocenters. The van der Waals surface area contributed by atoms with E-state index in [2.05, 4.69) is 5.10 Å². The summed E-state index contributed by atoms with van der Waals surface area (Å²) in [5, 5.41) is 4.43. The Kier molecular flexibility index (Phi) is 3.64. The Morgan fingerprint density at radius 1 is 1.17 bits per heavy atom. The molecule has 1 aromatic carbocycles. The number of aryl methyl sites for hydroxylation is 1. The van der Waals surface area contributed by atoms with Crippen LogP contribution in [-0.4, -0.2) is 24.0 Å². The van der Waals surface area contributed by atoms with E-state index in [0.717, 1.165) is 16.8 Å². The van der Waals surface area contributed by atoms with Gasteiger partial charge in [-0.2, -0.15) is 5.10 Å². The maximum atomic E-state index is 6.03. The number of rotatable bonds is 4. The van der Waals surface area contributed by atoms with Crippen LogP contribution in [0.4, 0.5) is 5.82 Å². The lowest BCUT2D eigenvalue weighted by atomic mass is 10.1. The molecule has 0 saturated carbocycles. The van der Waals surface area contributed by atoms with E-state index >= 15 is 0 Å². The standard InChI is InChI=1S/C13H17N3O2/c1-16-12(14)10(13(17-2)18-3)11(15-16)9-7-5-4-6-8-9/h4-8,13H,14H2,1-3H3. The van der Waals surface area contributed by atoms with E-state index in [-0.39, 0.29) is 0 Å². The number of hydrogen-bond acceptors (Lipinski definition) is 4. The topological polar surface area (TPSA) is 62.3 Å². The molecule has 0 radical (unpaired) electrons. The second-order valence-electron chi connectivity index (χ2n) is 3.94. The van der Waals surface area contributed by atoms with E-state index < -0.39 is 6.29 Å². The third-order valence-corrected chi connectivity index (χ3v) is 2.84. The SMILES string of the molecule is COC(OC)c1c(-c2ccccc2)nn(C)c1N. The maximum absolute atomic E-state index is 6.03. The first-order valence-electron chi connectivity index (χ1n) is 5.62. The van der Waals surface area contributed by atoms with Crippen LogP contribution in [-0.2, 0) is 16.5 Å². The predicted octanol–water partition coefficient (Wildman–Crippen LogP) is 1.96. The molecule has 0 bridgehead atoms. The van der Waals surface area contributed by atoms with Gasteiger partial charge in [-0.1, -0.05) is 30.3 Å². The second kappa shape index (κ2) is 5.20. The van der Waals surface area contributed by atoms with Crippen LogP contribution in [0.15, 0.2) is 30.3 Å². The zero-order chi connectivity index (χ0) is 13.1. The van der Waals surface area contributed by atoms with Gasteiger partial charge in [0.05, 0.1) is 5.56 Å². The van der Waals surface area contributed by atoms with Gasteiger partial charge in [-0.25, -0.2) is 0 Å². The van der Waals surface area contributed by atoms with Crippen LogP contribution in [0.25, 0.3) is 11.3 Å². The molecule has 2 rings (SSSR count). The van der Waals surface area contributed by atoms with Crippen molar-refractivity contribution in [3.8, 4) is 11.3 Å². The molecular weight excluding hydrogens is 230 g/mol. The van der Waals surface area contributed by atoms with Gasteiger partial charge < -0.3 is 15.2 Å². The first-order valence-corrected chi connectivity index (χ1v) is 5.62. The zero-order valence-corrected chi connectivity index (χ0v) is 10.8. The van der Waals surface area contributed by atoms with Gasteiger partial charge >= 0.3 is 0 Å². The van der Waals surface area contributed by atoms with Gasteiger partial charge in [0.15, 0.2) is 6.29 Å². The number of nitrogens with zero attached hydrogens (tertiary/aromatic N) is 2. The van der Waals surface area contributed by atoms with Gasteiger partial charge in [-0.05, 0) is 0 Å². The summed E-state index contributed by atoms with van der Waals surface area (Å²) in [5.41, 5.74) is 8.56. The van der Waals surface area contributed by atoms with Crippen molar-refractivity contribution in [3.63, 3.8) is 0 Å². The lowest BCUT2D eigenvalue weighted by Gasteiger charge is -2.14. The molecule has 0 saturated heterocycles. The lowest BCUT2D eigenvalue weighted by molar-refractivity contribution is -0.105. The van der Waals surface area contributed by atoms with E-state index in [1.165, 1.54) is 0 Å². The first-order chi connectivity index (χ1) is 8.69. The molecule has 5 heteroatoms. The smallest absolute Gasteiger partial charge is 0.188 e. The minimum absolute atomic E-state index is 0.520. The van der Waals surface area contributed by atoms with E-state index in [0.29, 0.717) is 5.82 Å². The predicted molar refractivity (Wildman–Crippen MR) is 69.8 cm³/mol. The fraction of sp³-hybridized carbons (Fsp3) is 0.308. The highest BCUT2D eigenvalue weighted by Crippen LogP contribution is 2.33. The third kappa shape index (κ3) is 2.10. The Labute approximate surface area is 106 Å². The molecule has 1 aromatic heterocycles. The molecular formula is C13H17N3O2. The molecule has 0 aliphatic heterocycles. The average Bonchev–Trinajstić information content (AvgIpc) is 2.70. The summed E-state index contributed by atoms with van der Waals surface area (Å²) in [4.78, 5) is 0. The van der Waals surface area contributed by atoms with Gasteiger partial charge in [0.25, 0.3) is 0 Å². The second-order valence-corrected chi connectivity index (χ2v) is 3.94. The zero-order valence-electron chi connectivity index (χ0n) is 10.8. The summed E-state index contributed by atoms with van der Waals surface area (Å²) >= 11 is 0. The molecule has 0 aliphatic rings. The number of hydrogen-bond donors (Lipinski definition) is 1. The van der Waals surface area contributed by atoms with Crippen molar-refractivity contribution in [1.29, 1.82) is 0 Å². The van der Waals surface area contributed by atoms with Crippen molar-refractivity contribution in [2.75, 3.05) is 20.0 Å². The van der Waals surface area contributed by atoms with Crippen LogP contribution in [0.3, 0.4) is 0 Å². The van der Waals surface area contributed by atoms with Crippen LogP contribution in [0.2, 0.25) is 0 Å². The summed E-state index contributed by atoms with van der Waals surface area (Å²) < 4.78 is 12.2. The molecule has 0 spiro atoms. The van der Waals surface area contributed by atoms with Crippen LogP contribution < -0.4 is 5.73 Å². The number of benzene rings is 1. The highest BCUT2D eigenvalue weighted by molar-refractivity contribution is 5.68. The Morgan fingerprint density at radius 3 is 2.33 bits per heavy atom. The van der Waals surface area contributed by atoms with Gasteiger partial charge in [0.2, 0.25) is 0 Å². The third-order valence-electron chi connectivity index (χ3n) is 2.84. The number of nitrogens with two attached hydrogens (primary N) is 1. The molecule has 0 amide bonds. The van der Waals surface area contributed by atoms with E-state index in [4.69, 9.17) is 15.2 Å². The normalized spacial score (nSPS) is 11.1. The molecule has 0 aliphatic carbocycles. The molecule has 18 heavy (non-hydrogen) atoms. The minimum Gasteiger partial charge on any atom is -0.384 e. The van der Waals surface area contributed by atoms with Gasteiger partial charge in [0, 0.05) is 26.8 Å². The Bertz CT molecular complexity index is 519. The molecule has 1 heterocycles. The monoisotopic (exact) mass is 247 g/mol. The fourth-order valence-corrected chi connectivity index (χ4v) is 1.93. The van der Waals surface area contributed by atoms with Gasteiger partial charge in [-0.15, -0.1) is 0 Å². The Hall–Kier alpha value is -1.85. The summed E-state index contributed by atoms with van der Waals surface area (Å²) in [5.74, 6) is 0.544. The van der Waals surface area contributed by atoms with Gasteiger partial charge in [0.1, 0.15) is 11.5 Å². The van der Waals surface area contributed by atoms with Crippen molar-refractivity contribution in [3.05, 3.63) is 35.9 Å². The minimum atomic E-state index is -0.520. The lowest BCUT2D eigenvalue weighted by Crippen LogP contribution is -2.08. The first kappa shape index (κ1) is 12.6.